The van der Waals surface area contributed by atoms with E-state index in [-0.39, 0.29) is 27.1 Å². The third-order valence-electron chi connectivity index (χ3n) is 7.86. The zero-order valence-electron chi connectivity index (χ0n) is 22.7. The molecule has 3 aromatic heterocycles. The Labute approximate surface area is 257 Å². The minimum atomic E-state index is -2.04. The van der Waals surface area contributed by atoms with E-state index in [1.165, 1.54) is 10.4 Å². The average Bonchev–Trinajstić information content (AvgIpc) is 3.54. The summed E-state index contributed by atoms with van der Waals surface area (Å²) in [6, 6.07) is 37.4. The van der Waals surface area contributed by atoms with Crippen molar-refractivity contribution in [2.45, 2.75) is 13.1 Å². The monoisotopic (exact) mass is 745 g/mol. The van der Waals surface area contributed by atoms with Crippen molar-refractivity contribution in [1.82, 2.24) is 19.1 Å². The first-order chi connectivity index (χ1) is 20.0. The van der Waals surface area contributed by atoms with Crippen LogP contribution in [0, 0.1) is 12.4 Å². The summed E-state index contributed by atoms with van der Waals surface area (Å²) in [5, 5.41) is 13.2. The number of fused-ring (bicyclic) bond motifs is 3. The molecule has 9 heteroatoms. The van der Waals surface area contributed by atoms with Gasteiger partial charge in [-0.05, 0) is 36.0 Å². The molecule has 1 N–H and O–H groups in total. The Morgan fingerprint density at radius 2 is 1.60 bits per heavy atom. The van der Waals surface area contributed by atoms with E-state index in [0.717, 1.165) is 27.9 Å². The van der Waals surface area contributed by atoms with Crippen molar-refractivity contribution >= 4 is 40.5 Å². The fourth-order valence-corrected chi connectivity index (χ4v) is 8.78. The van der Waals surface area contributed by atoms with Gasteiger partial charge in [-0.3, -0.25) is 4.57 Å². The number of hydrogen-bond donors (Lipinski definition) is 1. The van der Waals surface area contributed by atoms with Crippen LogP contribution in [0.15, 0.2) is 103 Å². The van der Waals surface area contributed by atoms with Crippen LogP contribution >= 0.6 is 0 Å². The molecule has 0 unspecified atom stereocenters. The fourth-order valence-electron chi connectivity index (χ4n) is 5.88. The third-order valence-corrected chi connectivity index (χ3v) is 11.4. The fraction of sp³-hybridized carbons (Fsp3) is 0.0606. The molecule has 0 spiro atoms. The van der Waals surface area contributed by atoms with Crippen LogP contribution in [-0.4, -0.2) is 32.3 Å². The predicted molar refractivity (Wildman–Crippen MR) is 160 cm³/mol. The van der Waals surface area contributed by atoms with Crippen LogP contribution in [0.25, 0.3) is 39.3 Å². The molecule has 7 aromatic rings. The topological polar surface area (TPSA) is 69.0 Å². The number of pyridine rings is 1. The van der Waals surface area contributed by atoms with Crippen molar-refractivity contribution < 1.29 is 35.5 Å². The van der Waals surface area contributed by atoms with E-state index in [0.29, 0.717) is 23.0 Å². The quantitative estimate of drug-likeness (QED) is 0.159. The Balaban J connectivity index is 0.00000288. The van der Waals surface area contributed by atoms with Crippen molar-refractivity contribution in [3.63, 3.8) is 0 Å². The molecule has 206 valence electrons. The first-order valence-corrected chi connectivity index (χ1v) is 16.4. The van der Waals surface area contributed by atoms with Crippen LogP contribution in [0.2, 0.25) is 13.1 Å². The summed E-state index contributed by atoms with van der Waals surface area (Å²) in [4.78, 5) is 8.94. The molecule has 0 bridgehead atoms. The summed E-state index contributed by atoms with van der Waals surface area (Å²) >= 11 is 0. The molecular formula is C33H24N5O2PtSi+. The van der Waals surface area contributed by atoms with Crippen molar-refractivity contribution in [2.75, 3.05) is 0 Å². The second-order valence-corrected chi connectivity index (χ2v) is 15.0. The standard InChI is InChI=1S/C33H24N5O2Si.Pt/c1-41(2)28-19-18-23(40-31-17-9-16-30(35-31)38-25-13-7-6-12-24(25)34-33(38)39)20-27(28)37-21-36(22-10-4-3-5-11-22)26-14-8-15-29(41)32(26)37;/h3-19H,1-2H3,(H,34,39);/q-1;+2. The van der Waals surface area contributed by atoms with E-state index in [9.17, 15) is 5.11 Å². The Morgan fingerprint density at radius 1 is 0.810 bits per heavy atom. The van der Waals surface area contributed by atoms with E-state index in [2.05, 4.69) is 76.0 Å². The summed E-state index contributed by atoms with van der Waals surface area (Å²) in [6.07, 6.45) is 3.60. The maximum Gasteiger partial charge on any atom is 2.00 e. The zero-order valence-corrected chi connectivity index (χ0v) is 26.0. The third kappa shape index (κ3) is 3.94. The van der Waals surface area contributed by atoms with Gasteiger partial charge in [0.15, 0.2) is 0 Å². The van der Waals surface area contributed by atoms with Crippen LogP contribution in [0.3, 0.4) is 0 Å². The first kappa shape index (κ1) is 26.4. The molecular weight excluding hydrogens is 722 g/mol. The van der Waals surface area contributed by atoms with Gasteiger partial charge in [-0.25, -0.2) is 4.57 Å². The van der Waals surface area contributed by atoms with E-state index in [1.807, 2.05) is 60.7 Å². The number of aromatic nitrogens is 5. The molecule has 42 heavy (non-hydrogen) atoms. The van der Waals surface area contributed by atoms with Gasteiger partial charge < -0.3 is 14.4 Å². The maximum atomic E-state index is 10.5. The summed E-state index contributed by atoms with van der Waals surface area (Å²) in [5.74, 6) is 1.46. The number of rotatable bonds is 4. The number of para-hydroxylation sites is 4. The molecule has 4 aromatic carbocycles. The van der Waals surface area contributed by atoms with Crippen LogP contribution in [-0.2, 0) is 21.1 Å². The molecule has 0 fully saturated rings. The molecule has 0 radical (unpaired) electrons. The molecule has 1 aliphatic rings. The minimum Gasteiger partial charge on any atom is -0.480 e. The molecule has 8 rings (SSSR count). The number of benzene rings is 4. The Morgan fingerprint density at radius 3 is 2.45 bits per heavy atom. The summed E-state index contributed by atoms with van der Waals surface area (Å²) < 4.78 is 12.1. The number of hydrogen-bond acceptors (Lipinski definition) is 4. The van der Waals surface area contributed by atoms with Gasteiger partial charge in [-0.1, -0.05) is 72.9 Å². The number of imidazole rings is 2. The van der Waals surface area contributed by atoms with E-state index >= 15 is 0 Å². The second-order valence-electron chi connectivity index (χ2n) is 10.7. The molecule has 0 saturated carbocycles. The summed E-state index contributed by atoms with van der Waals surface area (Å²) in [6.45, 7) is 4.76. The van der Waals surface area contributed by atoms with Gasteiger partial charge in [-0.15, -0.1) is 17.3 Å². The number of aromatic hydroxyl groups is 1. The minimum absolute atomic E-state index is 0. The van der Waals surface area contributed by atoms with Gasteiger partial charge in [0.25, 0.3) is 6.33 Å². The van der Waals surface area contributed by atoms with Crippen molar-refractivity contribution in [1.29, 1.82) is 0 Å². The molecule has 4 heterocycles. The van der Waals surface area contributed by atoms with Crippen LogP contribution in [0.5, 0.6) is 17.6 Å². The van der Waals surface area contributed by atoms with Gasteiger partial charge in [0.1, 0.15) is 5.82 Å². The van der Waals surface area contributed by atoms with Crippen LogP contribution in [0.4, 0.5) is 0 Å². The molecule has 0 atom stereocenters. The van der Waals surface area contributed by atoms with Gasteiger partial charge in [0.05, 0.1) is 27.8 Å². The van der Waals surface area contributed by atoms with Crippen LogP contribution < -0.4 is 19.7 Å². The summed E-state index contributed by atoms with van der Waals surface area (Å²) in [5.41, 5.74) is 5.74. The van der Waals surface area contributed by atoms with Crippen LogP contribution in [0.1, 0.15) is 0 Å². The Hall–Kier alpha value is -4.52. The van der Waals surface area contributed by atoms with Crippen molar-refractivity contribution in [2.24, 2.45) is 0 Å². The summed E-state index contributed by atoms with van der Waals surface area (Å²) in [7, 11) is -2.04. The first-order valence-electron chi connectivity index (χ1n) is 13.4. The predicted octanol–water partition coefficient (Wildman–Crippen LogP) is 4.87. The van der Waals surface area contributed by atoms with Crippen molar-refractivity contribution in [3.8, 4) is 34.8 Å². The molecule has 0 amide bonds. The average molecular weight is 746 g/mol. The van der Waals surface area contributed by atoms with Gasteiger partial charge in [0, 0.05) is 19.9 Å². The Kier molecular flexibility index (Phi) is 6.15. The van der Waals surface area contributed by atoms with E-state index < -0.39 is 8.07 Å². The molecule has 0 aliphatic carbocycles. The number of nitrogens with zero attached hydrogens (tertiary/aromatic N) is 5. The van der Waals surface area contributed by atoms with E-state index in [1.54, 1.807) is 10.6 Å². The number of ether oxygens (including phenoxy) is 1. The SMILES string of the molecule is C[Si]1(C)c2ccc(Oc3cccc(-n4c(O)nc5ccccc54)n3)[c-]c2-n2[c-][n+](-c3ccccc3)c3cccc1c32.[Pt+2]. The zero-order chi connectivity index (χ0) is 27.7. The molecule has 1 aliphatic heterocycles. The van der Waals surface area contributed by atoms with Crippen molar-refractivity contribution in [3.05, 3.63) is 116 Å². The smallest absolute Gasteiger partial charge is 0.480 e. The van der Waals surface area contributed by atoms with Gasteiger partial charge >= 0.3 is 27.1 Å². The molecule has 0 saturated heterocycles. The Bertz CT molecular complexity index is 2140. The molecule has 7 nitrogen and oxygen atoms in total. The second kappa shape index (κ2) is 9.79. The van der Waals surface area contributed by atoms with Gasteiger partial charge in [-0.2, -0.15) is 16.0 Å². The maximum absolute atomic E-state index is 10.5. The normalized spacial score (nSPS) is 13.1. The van der Waals surface area contributed by atoms with E-state index in [4.69, 9.17) is 9.72 Å². The largest absolute Gasteiger partial charge is 2.00 e. The van der Waals surface area contributed by atoms with Gasteiger partial charge in [0.2, 0.25) is 5.88 Å².